The first-order valence-corrected chi connectivity index (χ1v) is 6.18. The van der Waals surface area contributed by atoms with E-state index in [0.29, 0.717) is 5.56 Å². The number of allylic oxidation sites excluding steroid dienone is 1. The highest BCUT2D eigenvalue weighted by Crippen LogP contribution is 2.22. The normalized spacial score (nSPS) is 11.5. The van der Waals surface area contributed by atoms with Crippen LogP contribution in [-0.2, 0) is 9.59 Å². The van der Waals surface area contributed by atoms with E-state index in [0.717, 1.165) is 6.07 Å². The number of hydrogen-bond donors (Lipinski definition) is 4. The number of rotatable bonds is 6. The monoisotopic (exact) mass is 309 g/mol. The summed E-state index contributed by atoms with van der Waals surface area (Å²) in [7, 11) is 0. The molecule has 0 spiro atoms. The van der Waals surface area contributed by atoms with Crippen molar-refractivity contribution >= 4 is 23.3 Å². The van der Waals surface area contributed by atoms with Crippen molar-refractivity contribution in [2.24, 2.45) is 5.73 Å². The van der Waals surface area contributed by atoms with Crippen LogP contribution in [0.1, 0.15) is 18.4 Å². The summed E-state index contributed by atoms with van der Waals surface area (Å²) in [5.74, 6) is -2.57. The van der Waals surface area contributed by atoms with Crippen LogP contribution in [-0.4, -0.2) is 27.0 Å². The molecule has 0 saturated heterocycles. The molecule has 1 aromatic rings. The third-order valence-electron chi connectivity index (χ3n) is 2.79. The molecule has 0 heterocycles. The minimum atomic E-state index is -1.14. The molecule has 9 heteroatoms. The summed E-state index contributed by atoms with van der Waals surface area (Å²) in [6.45, 7) is 1.55. The Balaban J connectivity index is 2.88. The lowest BCUT2D eigenvalue weighted by Gasteiger charge is -2.08. The van der Waals surface area contributed by atoms with Gasteiger partial charge in [0, 0.05) is 23.7 Å². The van der Waals surface area contributed by atoms with Crippen molar-refractivity contribution in [3.05, 3.63) is 45.3 Å². The zero-order valence-corrected chi connectivity index (χ0v) is 11.7. The number of nitro benzene ring substituents is 1. The van der Waals surface area contributed by atoms with E-state index in [1.165, 1.54) is 12.1 Å². The Kier molecular flexibility index (Phi) is 5.44. The highest BCUT2D eigenvalue weighted by molar-refractivity contribution is 6.03. The summed E-state index contributed by atoms with van der Waals surface area (Å²) in [6.07, 6.45) is -0.668. The molecular weight excluding hydrogens is 294 g/mol. The number of carboxylic acid groups (broad SMARTS) is 1. The van der Waals surface area contributed by atoms with Gasteiger partial charge in [-0.25, -0.2) is 0 Å². The molecule has 0 radical (unpaired) electrons. The molecule has 0 aromatic heterocycles. The smallest absolute Gasteiger partial charge is 0.303 e. The Labute approximate surface area is 125 Å². The van der Waals surface area contributed by atoms with Gasteiger partial charge in [-0.15, -0.1) is 0 Å². The van der Waals surface area contributed by atoms with Crippen LogP contribution in [0.4, 0.5) is 11.4 Å². The standard InChI is InChI=1S/C13H15N3O6/c1-7-2-3-8(6-9(7)16(21)22)15-13(20)12(14)10(17)4-5-11(18)19/h2-3,6,17H,4-5,14H2,1H3,(H,15,20)(H,18,19)/b12-10+. The molecule has 0 aliphatic rings. The third-order valence-corrected chi connectivity index (χ3v) is 2.79. The van der Waals surface area contributed by atoms with Crippen LogP contribution >= 0.6 is 0 Å². The van der Waals surface area contributed by atoms with Crippen LogP contribution in [0.25, 0.3) is 0 Å². The van der Waals surface area contributed by atoms with E-state index in [1.807, 2.05) is 0 Å². The minimum Gasteiger partial charge on any atom is -0.510 e. The van der Waals surface area contributed by atoms with E-state index in [1.54, 1.807) is 6.92 Å². The van der Waals surface area contributed by atoms with Crippen LogP contribution in [0.3, 0.4) is 0 Å². The van der Waals surface area contributed by atoms with E-state index in [4.69, 9.17) is 10.8 Å². The van der Waals surface area contributed by atoms with Gasteiger partial charge in [-0.3, -0.25) is 19.7 Å². The van der Waals surface area contributed by atoms with Gasteiger partial charge in [-0.1, -0.05) is 6.07 Å². The summed E-state index contributed by atoms with van der Waals surface area (Å²) in [5.41, 5.74) is 5.27. The number of hydrogen-bond acceptors (Lipinski definition) is 6. The van der Waals surface area contributed by atoms with E-state index < -0.39 is 28.3 Å². The number of carbonyl (C=O) groups excluding carboxylic acids is 1. The molecule has 5 N–H and O–H groups in total. The number of amides is 1. The fourth-order valence-corrected chi connectivity index (χ4v) is 1.57. The highest BCUT2D eigenvalue weighted by atomic mass is 16.6. The highest BCUT2D eigenvalue weighted by Gasteiger charge is 2.16. The minimum absolute atomic E-state index is 0.135. The molecule has 0 unspecified atom stereocenters. The van der Waals surface area contributed by atoms with Crippen LogP contribution < -0.4 is 11.1 Å². The van der Waals surface area contributed by atoms with Gasteiger partial charge < -0.3 is 21.3 Å². The first kappa shape index (κ1) is 17.0. The van der Waals surface area contributed by atoms with E-state index >= 15 is 0 Å². The van der Waals surface area contributed by atoms with Crippen molar-refractivity contribution < 1.29 is 24.7 Å². The predicted octanol–water partition coefficient (Wildman–Crippen LogP) is 1.43. The fourth-order valence-electron chi connectivity index (χ4n) is 1.57. The van der Waals surface area contributed by atoms with Crippen molar-refractivity contribution in [2.75, 3.05) is 5.32 Å². The number of aliphatic hydroxyl groups excluding tert-OH is 1. The van der Waals surface area contributed by atoms with E-state index in [9.17, 15) is 24.8 Å². The Morgan fingerprint density at radius 3 is 2.50 bits per heavy atom. The van der Waals surface area contributed by atoms with Crippen molar-refractivity contribution in [2.45, 2.75) is 19.8 Å². The number of nitrogens with two attached hydrogens (primary N) is 1. The Bertz CT molecular complexity index is 653. The molecule has 118 valence electrons. The third kappa shape index (κ3) is 4.47. The SMILES string of the molecule is Cc1ccc(NC(=O)/C(N)=C(\O)CCC(=O)O)cc1[N+](=O)[O-]. The molecular formula is C13H15N3O6. The quantitative estimate of drug-likeness (QED) is 0.268. The topological polar surface area (TPSA) is 156 Å². The maximum absolute atomic E-state index is 11.8. The molecule has 1 aromatic carbocycles. The Morgan fingerprint density at radius 1 is 1.32 bits per heavy atom. The van der Waals surface area contributed by atoms with Gasteiger partial charge in [0.1, 0.15) is 11.5 Å². The van der Waals surface area contributed by atoms with Gasteiger partial charge in [0.2, 0.25) is 0 Å². The summed E-state index contributed by atoms with van der Waals surface area (Å²) in [4.78, 5) is 32.4. The number of carbonyl (C=O) groups is 2. The van der Waals surface area contributed by atoms with Crippen LogP contribution in [0.5, 0.6) is 0 Å². The van der Waals surface area contributed by atoms with Gasteiger partial charge >= 0.3 is 5.97 Å². The van der Waals surface area contributed by atoms with Crippen molar-refractivity contribution in [1.29, 1.82) is 0 Å². The molecule has 0 fully saturated rings. The molecule has 1 rings (SSSR count). The zero-order chi connectivity index (χ0) is 16.9. The van der Waals surface area contributed by atoms with Gasteiger partial charge in [-0.05, 0) is 13.0 Å². The molecule has 0 aliphatic carbocycles. The number of aliphatic carboxylic acids is 1. The lowest BCUT2D eigenvalue weighted by molar-refractivity contribution is -0.385. The number of nitro groups is 1. The van der Waals surface area contributed by atoms with Crippen molar-refractivity contribution in [1.82, 2.24) is 0 Å². The molecule has 0 aliphatic heterocycles. The van der Waals surface area contributed by atoms with E-state index in [-0.39, 0.29) is 24.2 Å². The number of anilines is 1. The Morgan fingerprint density at radius 2 is 1.95 bits per heavy atom. The van der Waals surface area contributed by atoms with Gasteiger partial charge in [0.25, 0.3) is 11.6 Å². The fraction of sp³-hybridized carbons (Fsp3) is 0.231. The summed E-state index contributed by atoms with van der Waals surface area (Å²) >= 11 is 0. The molecule has 9 nitrogen and oxygen atoms in total. The number of nitrogens with one attached hydrogen (secondary N) is 1. The first-order valence-electron chi connectivity index (χ1n) is 6.18. The predicted molar refractivity (Wildman–Crippen MR) is 77.2 cm³/mol. The zero-order valence-electron chi connectivity index (χ0n) is 11.7. The number of nitrogens with zero attached hydrogens (tertiary/aromatic N) is 1. The largest absolute Gasteiger partial charge is 0.510 e. The second-order valence-electron chi connectivity index (χ2n) is 4.47. The average molecular weight is 309 g/mol. The molecule has 22 heavy (non-hydrogen) atoms. The van der Waals surface area contributed by atoms with Gasteiger partial charge in [0.05, 0.1) is 11.3 Å². The molecule has 1 amide bonds. The number of aryl methyl sites for hydroxylation is 1. The summed E-state index contributed by atoms with van der Waals surface area (Å²) < 4.78 is 0. The van der Waals surface area contributed by atoms with Crippen LogP contribution in [0, 0.1) is 17.0 Å². The van der Waals surface area contributed by atoms with Crippen molar-refractivity contribution in [3.63, 3.8) is 0 Å². The molecule has 0 bridgehead atoms. The summed E-state index contributed by atoms with van der Waals surface area (Å²) in [6, 6.07) is 4.06. The lowest BCUT2D eigenvalue weighted by Crippen LogP contribution is -2.22. The van der Waals surface area contributed by atoms with Crippen molar-refractivity contribution in [3.8, 4) is 0 Å². The van der Waals surface area contributed by atoms with E-state index in [2.05, 4.69) is 5.32 Å². The second kappa shape index (κ2) is 7.07. The first-order chi connectivity index (χ1) is 10.2. The molecule has 0 saturated carbocycles. The average Bonchev–Trinajstić information content (AvgIpc) is 2.45. The summed E-state index contributed by atoms with van der Waals surface area (Å²) in [5, 5.41) is 31.1. The second-order valence-corrected chi connectivity index (χ2v) is 4.47. The van der Waals surface area contributed by atoms with Crippen LogP contribution in [0.15, 0.2) is 29.7 Å². The van der Waals surface area contributed by atoms with Gasteiger partial charge in [0.15, 0.2) is 0 Å². The number of aliphatic hydroxyl groups is 1. The maximum Gasteiger partial charge on any atom is 0.303 e. The maximum atomic E-state index is 11.8. The number of benzene rings is 1. The number of carboxylic acids is 1. The lowest BCUT2D eigenvalue weighted by atomic mass is 10.1. The van der Waals surface area contributed by atoms with Crippen LogP contribution in [0.2, 0.25) is 0 Å². The van der Waals surface area contributed by atoms with Gasteiger partial charge in [-0.2, -0.15) is 0 Å². The Hall–Kier alpha value is -3.10. The molecule has 0 atom stereocenters.